The molecule has 0 heterocycles. The van der Waals surface area contributed by atoms with E-state index in [0.717, 1.165) is 0 Å². The Morgan fingerprint density at radius 3 is 2.18 bits per heavy atom. The first-order valence-electron chi connectivity index (χ1n) is 5.23. The first-order chi connectivity index (χ1) is 7.97. The first-order valence-corrected chi connectivity index (χ1v) is 7.91. The van der Waals surface area contributed by atoms with E-state index in [1.807, 2.05) is 0 Å². The molecule has 0 saturated carbocycles. The highest BCUT2D eigenvalue weighted by Crippen LogP contribution is 2.05. The van der Waals surface area contributed by atoms with Crippen LogP contribution in [0, 0.1) is 0 Å². The van der Waals surface area contributed by atoms with Crippen molar-refractivity contribution in [1.82, 2.24) is 4.31 Å². The van der Waals surface area contributed by atoms with Gasteiger partial charge in [0.1, 0.15) is 0 Å². The third kappa shape index (κ3) is 7.08. The quantitative estimate of drug-likeness (QED) is 0.472. The van der Waals surface area contributed by atoms with Crippen molar-refractivity contribution in [3.63, 3.8) is 0 Å². The molecule has 0 aliphatic carbocycles. The Morgan fingerprint density at radius 2 is 1.76 bits per heavy atom. The Kier molecular flexibility index (Phi) is 8.94. The Labute approximate surface area is 112 Å². The van der Waals surface area contributed by atoms with Crippen LogP contribution < -0.4 is 0 Å². The van der Waals surface area contributed by atoms with Gasteiger partial charge in [0.25, 0.3) is 0 Å². The minimum absolute atomic E-state index is 0.156. The van der Waals surface area contributed by atoms with Gasteiger partial charge in [-0.25, -0.2) is 8.42 Å². The zero-order valence-corrected chi connectivity index (χ0v) is 12.0. The molecule has 0 rings (SSSR count). The molecule has 0 aliphatic heterocycles. The summed E-state index contributed by atoms with van der Waals surface area (Å²) >= 11 is 11.0. The fourth-order valence-electron chi connectivity index (χ4n) is 1.15. The summed E-state index contributed by atoms with van der Waals surface area (Å²) in [6, 6.07) is 0. The van der Waals surface area contributed by atoms with Crippen LogP contribution in [-0.4, -0.2) is 55.9 Å². The summed E-state index contributed by atoms with van der Waals surface area (Å²) in [6.45, 7) is 2.30. The lowest BCUT2D eigenvalue weighted by Crippen LogP contribution is -2.36. The minimum atomic E-state index is -3.50. The molecular weight excluding hydrogens is 289 g/mol. The van der Waals surface area contributed by atoms with E-state index < -0.39 is 16.0 Å². The summed E-state index contributed by atoms with van der Waals surface area (Å²) in [6.07, 6.45) is -0.156. The molecule has 17 heavy (non-hydrogen) atoms. The number of nitrogens with zero attached hydrogens (tertiary/aromatic N) is 1. The summed E-state index contributed by atoms with van der Waals surface area (Å²) in [5, 5.41) is 0. The number of carbonyl (C=O) groups is 1. The molecule has 0 radical (unpaired) electrons. The van der Waals surface area contributed by atoms with Gasteiger partial charge in [0.2, 0.25) is 10.0 Å². The smallest absolute Gasteiger partial charge is 0.306 e. The van der Waals surface area contributed by atoms with Crippen LogP contribution in [0.1, 0.15) is 13.3 Å². The van der Waals surface area contributed by atoms with Crippen molar-refractivity contribution in [3.8, 4) is 0 Å². The second-order valence-electron chi connectivity index (χ2n) is 3.15. The second kappa shape index (κ2) is 8.97. The fraction of sp³-hybridized carbons (Fsp3) is 0.889. The molecule has 0 spiro atoms. The summed E-state index contributed by atoms with van der Waals surface area (Å²) in [4.78, 5) is 11.1. The number of halogens is 2. The van der Waals surface area contributed by atoms with Gasteiger partial charge >= 0.3 is 5.97 Å². The molecule has 0 aromatic rings. The molecule has 0 aromatic heterocycles. The largest absolute Gasteiger partial charge is 0.466 e. The van der Waals surface area contributed by atoms with E-state index in [2.05, 4.69) is 4.74 Å². The van der Waals surface area contributed by atoms with Crippen molar-refractivity contribution >= 4 is 39.2 Å². The molecule has 0 aromatic carbocycles. The molecule has 0 saturated heterocycles. The molecule has 0 unspecified atom stereocenters. The van der Waals surface area contributed by atoms with Gasteiger partial charge in [-0.05, 0) is 6.92 Å². The number of alkyl halides is 2. The van der Waals surface area contributed by atoms with E-state index in [-0.39, 0.29) is 43.6 Å². The molecule has 102 valence electrons. The number of sulfonamides is 1. The zero-order chi connectivity index (χ0) is 13.3. The Morgan fingerprint density at radius 1 is 1.24 bits per heavy atom. The van der Waals surface area contributed by atoms with E-state index in [1.54, 1.807) is 6.92 Å². The van der Waals surface area contributed by atoms with Crippen LogP contribution in [0.4, 0.5) is 0 Å². The summed E-state index contributed by atoms with van der Waals surface area (Å²) in [7, 11) is -3.50. The van der Waals surface area contributed by atoms with Crippen molar-refractivity contribution in [3.05, 3.63) is 0 Å². The maximum absolute atomic E-state index is 11.8. The van der Waals surface area contributed by atoms with Crippen LogP contribution in [-0.2, 0) is 19.6 Å². The molecule has 0 N–H and O–H groups in total. The van der Waals surface area contributed by atoms with Crippen molar-refractivity contribution < 1.29 is 17.9 Å². The third-order valence-electron chi connectivity index (χ3n) is 1.93. The standard InChI is InChI=1S/C9H17Cl2NO4S/c1-2-16-9(13)3-8-17(14,15)12(6-4-10)7-5-11/h2-8H2,1H3. The normalized spacial score (nSPS) is 11.8. The fourth-order valence-corrected chi connectivity index (χ4v) is 3.18. The molecule has 0 atom stereocenters. The lowest BCUT2D eigenvalue weighted by molar-refractivity contribution is -0.142. The van der Waals surface area contributed by atoms with Crippen LogP contribution in [0.25, 0.3) is 0 Å². The Bertz CT molecular complexity index is 315. The zero-order valence-electron chi connectivity index (χ0n) is 9.69. The highest BCUT2D eigenvalue weighted by Gasteiger charge is 2.22. The second-order valence-corrected chi connectivity index (χ2v) is 5.99. The predicted molar refractivity (Wildman–Crippen MR) is 68.0 cm³/mol. The third-order valence-corrected chi connectivity index (χ3v) is 4.14. The van der Waals surface area contributed by atoms with Gasteiger partial charge in [0.15, 0.2) is 0 Å². The van der Waals surface area contributed by atoms with Crippen LogP contribution in [0.2, 0.25) is 0 Å². The predicted octanol–water partition coefficient (Wildman–Crippen LogP) is 1.05. The van der Waals surface area contributed by atoms with Crippen molar-refractivity contribution in [2.75, 3.05) is 37.2 Å². The average Bonchev–Trinajstić information content (AvgIpc) is 2.27. The Balaban J connectivity index is 4.36. The topological polar surface area (TPSA) is 63.7 Å². The first kappa shape index (κ1) is 17.0. The Hall–Kier alpha value is -0.0400. The highest BCUT2D eigenvalue weighted by molar-refractivity contribution is 7.89. The monoisotopic (exact) mass is 305 g/mol. The van der Waals surface area contributed by atoms with Crippen molar-refractivity contribution in [1.29, 1.82) is 0 Å². The van der Waals surface area contributed by atoms with Crippen LogP contribution in [0.5, 0.6) is 0 Å². The molecular formula is C9H17Cl2NO4S. The van der Waals surface area contributed by atoms with E-state index in [9.17, 15) is 13.2 Å². The van der Waals surface area contributed by atoms with Crippen LogP contribution >= 0.6 is 23.2 Å². The molecule has 5 nitrogen and oxygen atoms in total. The maximum Gasteiger partial charge on any atom is 0.306 e. The van der Waals surface area contributed by atoms with E-state index in [1.165, 1.54) is 4.31 Å². The molecule has 0 fully saturated rings. The maximum atomic E-state index is 11.8. The van der Waals surface area contributed by atoms with Crippen LogP contribution in [0.3, 0.4) is 0 Å². The number of carbonyl (C=O) groups excluding carboxylic acids is 1. The number of esters is 1. The average molecular weight is 306 g/mol. The van der Waals surface area contributed by atoms with Gasteiger partial charge < -0.3 is 4.74 Å². The minimum Gasteiger partial charge on any atom is -0.466 e. The molecule has 0 aliphatic rings. The van der Waals surface area contributed by atoms with Gasteiger partial charge in [0.05, 0.1) is 18.8 Å². The SMILES string of the molecule is CCOC(=O)CCS(=O)(=O)N(CCCl)CCCl. The van der Waals surface area contributed by atoms with Gasteiger partial charge in [-0.1, -0.05) is 0 Å². The molecule has 0 amide bonds. The van der Waals surface area contributed by atoms with Gasteiger partial charge in [0, 0.05) is 24.8 Å². The number of ether oxygens (including phenoxy) is 1. The lowest BCUT2D eigenvalue weighted by atomic mass is 10.5. The lowest BCUT2D eigenvalue weighted by Gasteiger charge is -2.19. The molecule has 0 bridgehead atoms. The van der Waals surface area contributed by atoms with Gasteiger partial charge in [-0.3, -0.25) is 4.79 Å². The van der Waals surface area contributed by atoms with Gasteiger partial charge in [-0.2, -0.15) is 4.31 Å². The van der Waals surface area contributed by atoms with Crippen molar-refractivity contribution in [2.24, 2.45) is 0 Å². The van der Waals surface area contributed by atoms with Gasteiger partial charge in [-0.15, -0.1) is 23.2 Å². The number of rotatable bonds is 9. The summed E-state index contributed by atoms with van der Waals surface area (Å²) in [5.74, 6) is -0.419. The summed E-state index contributed by atoms with van der Waals surface area (Å²) in [5.41, 5.74) is 0. The van der Waals surface area contributed by atoms with Crippen molar-refractivity contribution in [2.45, 2.75) is 13.3 Å². The molecule has 8 heteroatoms. The van der Waals surface area contributed by atoms with Crippen LogP contribution in [0.15, 0.2) is 0 Å². The van der Waals surface area contributed by atoms with E-state index in [0.29, 0.717) is 0 Å². The van der Waals surface area contributed by atoms with E-state index >= 15 is 0 Å². The van der Waals surface area contributed by atoms with E-state index in [4.69, 9.17) is 23.2 Å². The highest BCUT2D eigenvalue weighted by atomic mass is 35.5. The number of hydrogen-bond donors (Lipinski definition) is 0. The number of hydrogen-bond acceptors (Lipinski definition) is 4. The summed E-state index contributed by atoms with van der Waals surface area (Å²) < 4.78 is 29.5.